The Kier molecular flexibility index (Phi) is 5.59. The number of imidazole rings is 1. The van der Waals surface area contributed by atoms with E-state index in [0.717, 1.165) is 16.6 Å². The standard InChI is InChI=1S/C23H20N4O2S/c1-15(23(29)25-13-16-7-3-2-4-8-16)30-14-17-11-21(28)27-20-10-6-5-9-19(20)26-22(27)18(17)12-24/h2-11,15,26H,13-14H2,1H3,(H,25,29)/t15-/m1/s1. The summed E-state index contributed by atoms with van der Waals surface area (Å²) < 4.78 is 1.53. The number of H-pyrrole nitrogens is 1. The van der Waals surface area contributed by atoms with Crippen LogP contribution in [0.25, 0.3) is 16.7 Å². The van der Waals surface area contributed by atoms with Crippen LogP contribution in [0.1, 0.15) is 23.6 Å². The van der Waals surface area contributed by atoms with Gasteiger partial charge in [0.25, 0.3) is 5.56 Å². The molecular formula is C23H20N4O2S. The second-order valence-electron chi connectivity index (χ2n) is 6.98. The van der Waals surface area contributed by atoms with Gasteiger partial charge in [0.05, 0.1) is 21.8 Å². The molecule has 0 unspecified atom stereocenters. The number of nitriles is 1. The Morgan fingerprint density at radius 1 is 1.20 bits per heavy atom. The smallest absolute Gasteiger partial charge is 0.257 e. The van der Waals surface area contributed by atoms with Crippen LogP contribution in [0.5, 0.6) is 0 Å². The number of nitrogens with zero attached hydrogens (tertiary/aromatic N) is 2. The number of hydrogen-bond donors (Lipinski definition) is 2. The van der Waals surface area contributed by atoms with Crippen molar-refractivity contribution in [3.63, 3.8) is 0 Å². The number of rotatable bonds is 6. The van der Waals surface area contributed by atoms with Gasteiger partial charge in [0.2, 0.25) is 5.91 Å². The van der Waals surface area contributed by atoms with Crippen molar-refractivity contribution in [2.24, 2.45) is 0 Å². The summed E-state index contributed by atoms with van der Waals surface area (Å²) in [6.45, 7) is 2.29. The highest BCUT2D eigenvalue weighted by Crippen LogP contribution is 2.24. The molecule has 2 aromatic heterocycles. The first-order valence-corrected chi connectivity index (χ1v) is 10.6. The second-order valence-corrected chi connectivity index (χ2v) is 8.31. The molecule has 2 aromatic carbocycles. The van der Waals surface area contributed by atoms with Crippen LogP contribution >= 0.6 is 11.8 Å². The number of benzene rings is 2. The Hall–Kier alpha value is -3.50. The number of hydrogen-bond acceptors (Lipinski definition) is 4. The fourth-order valence-electron chi connectivity index (χ4n) is 3.38. The molecule has 1 amide bonds. The van der Waals surface area contributed by atoms with Gasteiger partial charge >= 0.3 is 0 Å². The van der Waals surface area contributed by atoms with Crippen LogP contribution in [-0.2, 0) is 17.1 Å². The van der Waals surface area contributed by atoms with Crippen LogP contribution in [0.4, 0.5) is 0 Å². The summed E-state index contributed by atoms with van der Waals surface area (Å²) in [6, 6.07) is 20.9. The van der Waals surface area contributed by atoms with Crippen molar-refractivity contribution in [2.75, 3.05) is 0 Å². The van der Waals surface area contributed by atoms with E-state index in [9.17, 15) is 14.9 Å². The lowest BCUT2D eigenvalue weighted by Crippen LogP contribution is -2.30. The van der Waals surface area contributed by atoms with Gasteiger partial charge in [-0.15, -0.1) is 11.8 Å². The van der Waals surface area contributed by atoms with Crippen LogP contribution in [-0.4, -0.2) is 20.5 Å². The zero-order valence-electron chi connectivity index (χ0n) is 16.4. The van der Waals surface area contributed by atoms with E-state index in [-0.39, 0.29) is 16.7 Å². The van der Waals surface area contributed by atoms with Crippen molar-refractivity contribution < 1.29 is 4.79 Å². The summed E-state index contributed by atoms with van der Waals surface area (Å²) in [7, 11) is 0. The molecule has 4 rings (SSSR count). The molecule has 1 atom stereocenters. The van der Waals surface area contributed by atoms with Crippen molar-refractivity contribution >= 4 is 34.3 Å². The van der Waals surface area contributed by atoms with Gasteiger partial charge in [0, 0.05) is 18.4 Å². The first-order chi connectivity index (χ1) is 14.6. The minimum absolute atomic E-state index is 0.0780. The monoisotopic (exact) mass is 416 g/mol. The maximum Gasteiger partial charge on any atom is 0.257 e. The molecule has 0 aliphatic rings. The summed E-state index contributed by atoms with van der Waals surface area (Å²) in [6.07, 6.45) is 0. The van der Waals surface area contributed by atoms with E-state index in [1.54, 1.807) is 0 Å². The predicted octanol–water partition coefficient (Wildman–Crippen LogP) is 3.59. The SMILES string of the molecule is C[C@@H](SCc1cc(=O)n2c([nH]c3ccccc32)c1C#N)C(=O)NCc1ccccc1. The maximum absolute atomic E-state index is 12.7. The lowest BCUT2D eigenvalue weighted by atomic mass is 10.1. The average molecular weight is 417 g/mol. The van der Waals surface area contributed by atoms with Crippen LogP contribution in [0.2, 0.25) is 0 Å². The Morgan fingerprint density at radius 3 is 2.70 bits per heavy atom. The predicted molar refractivity (Wildman–Crippen MR) is 119 cm³/mol. The number of aromatic nitrogens is 2. The van der Waals surface area contributed by atoms with Gasteiger partial charge in [-0.25, -0.2) is 0 Å². The second kappa shape index (κ2) is 8.47. The fraction of sp³-hybridized carbons (Fsp3) is 0.174. The number of thioether (sulfide) groups is 1. The summed E-state index contributed by atoms with van der Waals surface area (Å²) in [5.41, 5.74) is 3.91. The Bertz CT molecular complexity index is 1320. The van der Waals surface area contributed by atoms with Gasteiger partial charge in [-0.3, -0.25) is 14.0 Å². The van der Waals surface area contributed by atoms with E-state index in [1.165, 1.54) is 22.2 Å². The van der Waals surface area contributed by atoms with Gasteiger partial charge in [0.1, 0.15) is 11.7 Å². The fourth-order valence-corrected chi connectivity index (χ4v) is 4.27. The van der Waals surface area contributed by atoms with Gasteiger partial charge < -0.3 is 10.3 Å². The highest BCUT2D eigenvalue weighted by atomic mass is 32.2. The average Bonchev–Trinajstić information content (AvgIpc) is 3.16. The number of para-hydroxylation sites is 2. The molecule has 4 aromatic rings. The van der Waals surface area contributed by atoms with Crippen LogP contribution in [0, 0.1) is 11.3 Å². The molecule has 0 fully saturated rings. The third-order valence-electron chi connectivity index (χ3n) is 4.98. The van der Waals surface area contributed by atoms with Gasteiger partial charge in [-0.1, -0.05) is 42.5 Å². The quantitative estimate of drug-likeness (QED) is 0.503. The third-order valence-corrected chi connectivity index (χ3v) is 6.17. The molecule has 0 aliphatic heterocycles. The summed E-state index contributed by atoms with van der Waals surface area (Å²) in [4.78, 5) is 28.3. The molecule has 6 nitrogen and oxygen atoms in total. The lowest BCUT2D eigenvalue weighted by Gasteiger charge is -2.13. The van der Waals surface area contributed by atoms with Crippen molar-refractivity contribution in [1.29, 1.82) is 5.26 Å². The number of carbonyl (C=O) groups excluding carboxylic acids is 1. The van der Waals surface area contributed by atoms with E-state index in [2.05, 4.69) is 16.4 Å². The molecule has 150 valence electrons. The lowest BCUT2D eigenvalue weighted by molar-refractivity contribution is -0.120. The first-order valence-electron chi connectivity index (χ1n) is 9.57. The van der Waals surface area contributed by atoms with Gasteiger partial charge in [-0.05, 0) is 30.2 Å². The highest BCUT2D eigenvalue weighted by molar-refractivity contribution is 7.99. The number of aromatic amines is 1. The molecule has 2 N–H and O–H groups in total. The Labute approximate surface area is 177 Å². The van der Waals surface area contributed by atoms with E-state index in [4.69, 9.17) is 0 Å². The van der Waals surface area contributed by atoms with Crippen LogP contribution < -0.4 is 10.9 Å². The molecule has 2 heterocycles. The number of nitrogens with one attached hydrogen (secondary N) is 2. The molecule has 0 saturated heterocycles. The van der Waals surface area contributed by atoms with Crippen molar-refractivity contribution in [1.82, 2.24) is 14.7 Å². The molecule has 0 bridgehead atoms. The van der Waals surface area contributed by atoms with E-state index in [0.29, 0.717) is 29.1 Å². The van der Waals surface area contributed by atoms with E-state index < -0.39 is 0 Å². The van der Waals surface area contributed by atoms with Crippen molar-refractivity contribution in [2.45, 2.75) is 24.5 Å². The summed E-state index contributed by atoms with van der Waals surface area (Å²) in [5, 5.41) is 12.4. The number of amides is 1. The molecule has 0 spiro atoms. The maximum atomic E-state index is 12.7. The van der Waals surface area contributed by atoms with Gasteiger partial charge in [-0.2, -0.15) is 5.26 Å². The molecule has 0 aliphatic carbocycles. The van der Waals surface area contributed by atoms with Gasteiger partial charge in [0.15, 0.2) is 0 Å². The number of fused-ring (bicyclic) bond motifs is 3. The number of pyridine rings is 1. The molecule has 7 heteroatoms. The van der Waals surface area contributed by atoms with Crippen LogP contribution in [0.15, 0.2) is 65.5 Å². The zero-order valence-corrected chi connectivity index (χ0v) is 17.2. The number of carbonyl (C=O) groups is 1. The van der Waals surface area contributed by atoms with Crippen molar-refractivity contribution in [3.8, 4) is 6.07 Å². The molecule has 30 heavy (non-hydrogen) atoms. The Balaban J connectivity index is 1.52. The highest BCUT2D eigenvalue weighted by Gasteiger charge is 2.18. The Morgan fingerprint density at radius 2 is 1.93 bits per heavy atom. The minimum atomic E-state index is -0.318. The first kappa shape index (κ1) is 19.8. The summed E-state index contributed by atoms with van der Waals surface area (Å²) in [5.74, 6) is 0.315. The zero-order chi connectivity index (χ0) is 21.1. The molecule has 0 saturated carbocycles. The van der Waals surface area contributed by atoms with E-state index in [1.807, 2.05) is 61.5 Å². The van der Waals surface area contributed by atoms with E-state index >= 15 is 0 Å². The largest absolute Gasteiger partial charge is 0.351 e. The normalized spacial score (nSPS) is 12.0. The third kappa shape index (κ3) is 3.82. The molecular weight excluding hydrogens is 396 g/mol. The molecule has 0 radical (unpaired) electrons. The minimum Gasteiger partial charge on any atom is -0.351 e. The van der Waals surface area contributed by atoms with Crippen LogP contribution in [0.3, 0.4) is 0 Å². The topological polar surface area (TPSA) is 90.2 Å². The van der Waals surface area contributed by atoms with Crippen molar-refractivity contribution in [3.05, 3.63) is 87.7 Å². The summed E-state index contributed by atoms with van der Waals surface area (Å²) >= 11 is 1.40.